The van der Waals surface area contributed by atoms with E-state index in [0.717, 1.165) is 22.2 Å². The van der Waals surface area contributed by atoms with Crippen molar-refractivity contribution in [3.63, 3.8) is 0 Å². The molecular weight excluding hydrogens is 452 g/mol. The minimum absolute atomic E-state index is 0.0600. The highest BCUT2D eigenvalue weighted by molar-refractivity contribution is 6.30. The zero-order valence-corrected chi connectivity index (χ0v) is 19.0. The number of nitrogens with zero attached hydrogens (tertiary/aromatic N) is 4. The number of fused-ring (bicyclic) bond motifs is 1. The predicted molar refractivity (Wildman–Crippen MR) is 130 cm³/mol. The molecule has 1 aromatic heterocycles. The molecule has 2 atom stereocenters. The SMILES string of the molecule is COC1=C/C(=[N+](/[O-])O)C=CC1C(c1ccccc1)(c1ccc(Cl)cc1)n1nc2ccccc2n1. The largest absolute Gasteiger partial charge is 0.500 e. The van der Waals surface area contributed by atoms with Crippen LogP contribution < -0.4 is 0 Å². The Kier molecular flexibility index (Phi) is 5.55. The Balaban J connectivity index is 1.88. The van der Waals surface area contributed by atoms with Gasteiger partial charge in [-0.25, -0.2) is 0 Å². The van der Waals surface area contributed by atoms with Gasteiger partial charge in [0.2, 0.25) is 0 Å². The fourth-order valence-electron chi connectivity index (χ4n) is 4.52. The summed E-state index contributed by atoms with van der Waals surface area (Å²) in [5.41, 5.74) is 2.32. The number of halogens is 1. The van der Waals surface area contributed by atoms with E-state index in [0.29, 0.717) is 10.8 Å². The topological polar surface area (TPSA) is 86.2 Å². The van der Waals surface area contributed by atoms with Crippen LogP contribution in [0.15, 0.2) is 103 Å². The highest BCUT2D eigenvalue weighted by atomic mass is 35.5. The first-order valence-electron chi connectivity index (χ1n) is 10.6. The zero-order valence-electron chi connectivity index (χ0n) is 18.2. The van der Waals surface area contributed by atoms with Gasteiger partial charge in [-0.05, 0) is 35.4 Å². The molecule has 0 radical (unpaired) electrons. The average molecular weight is 473 g/mol. The van der Waals surface area contributed by atoms with Crippen LogP contribution in [0, 0.1) is 11.1 Å². The van der Waals surface area contributed by atoms with Crippen molar-refractivity contribution in [3.8, 4) is 0 Å². The van der Waals surface area contributed by atoms with Crippen LogP contribution in [0.5, 0.6) is 0 Å². The first-order chi connectivity index (χ1) is 16.5. The van der Waals surface area contributed by atoms with E-state index in [-0.39, 0.29) is 10.6 Å². The highest BCUT2D eigenvalue weighted by Gasteiger charge is 2.48. The van der Waals surface area contributed by atoms with E-state index in [9.17, 15) is 10.4 Å². The van der Waals surface area contributed by atoms with E-state index in [2.05, 4.69) is 0 Å². The van der Waals surface area contributed by atoms with Crippen LogP contribution in [0.4, 0.5) is 0 Å². The van der Waals surface area contributed by atoms with E-state index in [4.69, 9.17) is 26.5 Å². The summed E-state index contributed by atoms with van der Waals surface area (Å²) in [4.78, 5) is 1.52. The third kappa shape index (κ3) is 3.50. The molecule has 5 rings (SSSR count). The molecule has 0 saturated carbocycles. The lowest BCUT2D eigenvalue weighted by molar-refractivity contribution is -0.725. The second-order valence-electron chi connectivity index (χ2n) is 7.90. The van der Waals surface area contributed by atoms with Crippen LogP contribution >= 0.6 is 11.6 Å². The van der Waals surface area contributed by atoms with E-state index < -0.39 is 11.5 Å². The molecule has 0 amide bonds. The van der Waals surface area contributed by atoms with Gasteiger partial charge < -0.3 is 9.94 Å². The third-order valence-corrected chi connectivity index (χ3v) is 6.32. The molecule has 8 heteroatoms. The molecule has 170 valence electrons. The molecule has 4 aromatic rings. The molecule has 0 saturated heterocycles. The van der Waals surface area contributed by atoms with Crippen LogP contribution in [0.2, 0.25) is 5.02 Å². The van der Waals surface area contributed by atoms with Gasteiger partial charge >= 0.3 is 0 Å². The standard InChI is InChI=1S/C26H21ClN4O3/c1-34-25-17-21(30(32)33)15-16-22(25)26(18-7-3-2-4-8-18,19-11-13-20(27)14-12-19)31-28-23-9-5-6-10-24(23)29-31/h2-17,22H,1H3,(H,32,33). The van der Waals surface area contributed by atoms with Crippen LogP contribution in [0.3, 0.4) is 0 Å². The second-order valence-corrected chi connectivity index (χ2v) is 8.34. The van der Waals surface area contributed by atoms with Crippen molar-refractivity contribution in [2.45, 2.75) is 5.54 Å². The highest BCUT2D eigenvalue weighted by Crippen LogP contribution is 2.45. The smallest absolute Gasteiger partial charge is 0.270 e. The van der Waals surface area contributed by atoms with Crippen molar-refractivity contribution < 1.29 is 14.8 Å². The zero-order chi connectivity index (χ0) is 23.7. The lowest BCUT2D eigenvalue weighted by Gasteiger charge is -2.40. The van der Waals surface area contributed by atoms with E-state index >= 15 is 0 Å². The predicted octanol–water partition coefficient (Wildman–Crippen LogP) is 4.93. The van der Waals surface area contributed by atoms with Gasteiger partial charge in [0, 0.05) is 16.0 Å². The summed E-state index contributed by atoms with van der Waals surface area (Å²) < 4.78 is 5.77. The molecule has 1 aliphatic rings. The molecule has 2 unspecified atom stereocenters. The minimum Gasteiger partial charge on any atom is -0.500 e. The first kappa shape index (κ1) is 21.7. The molecule has 0 aliphatic heterocycles. The summed E-state index contributed by atoms with van der Waals surface area (Å²) in [7, 11) is 1.53. The number of hydrogen-bond donors (Lipinski definition) is 1. The third-order valence-electron chi connectivity index (χ3n) is 6.06. The molecule has 1 aliphatic carbocycles. The number of ether oxygens (including phenoxy) is 1. The van der Waals surface area contributed by atoms with Crippen molar-refractivity contribution in [2.24, 2.45) is 5.92 Å². The molecular formula is C26H21ClN4O3. The van der Waals surface area contributed by atoms with Crippen molar-refractivity contribution in [3.05, 3.63) is 124 Å². The Hall–Kier alpha value is -4.10. The molecule has 3 aromatic carbocycles. The number of allylic oxidation sites excluding steroid dienone is 3. The molecule has 34 heavy (non-hydrogen) atoms. The number of benzene rings is 3. The van der Waals surface area contributed by atoms with Crippen molar-refractivity contribution in [1.29, 1.82) is 0 Å². The van der Waals surface area contributed by atoms with Crippen molar-refractivity contribution in [1.82, 2.24) is 15.0 Å². The maximum absolute atomic E-state index is 11.6. The minimum atomic E-state index is -1.00. The molecule has 1 N–H and O–H groups in total. The van der Waals surface area contributed by atoms with Gasteiger partial charge in [-0.15, -0.1) is 0 Å². The fourth-order valence-corrected chi connectivity index (χ4v) is 4.64. The van der Waals surface area contributed by atoms with E-state index in [1.165, 1.54) is 13.2 Å². The molecule has 0 spiro atoms. The summed E-state index contributed by atoms with van der Waals surface area (Å²) in [5.74, 6) is -0.000790. The van der Waals surface area contributed by atoms with Crippen LogP contribution in [-0.4, -0.2) is 37.9 Å². The van der Waals surface area contributed by atoms with Crippen LogP contribution in [0.1, 0.15) is 11.1 Å². The monoisotopic (exact) mass is 472 g/mol. The second kappa shape index (κ2) is 8.68. The van der Waals surface area contributed by atoms with Gasteiger partial charge in [0.25, 0.3) is 5.71 Å². The molecule has 7 nitrogen and oxygen atoms in total. The van der Waals surface area contributed by atoms with Gasteiger partial charge in [0.15, 0.2) is 0 Å². The van der Waals surface area contributed by atoms with Gasteiger partial charge in [0.05, 0.1) is 19.1 Å². The molecule has 0 fully saturated rings. The Morgan fingerprint density at radius 1 is 0.941 bits per heavy atom. The average Bonchev–Trinajstić information content (AvgIpc) is 3.30. The normalized spacial score (nSPS) is 18.9. The van der Waals surface area contributed by atoms with Gasteiger partial charge in [-0.3, -0.25) is 5.21 Å². The maximum Gasteiger partial charge on any atom is 0.270 e. The van der Waals surface area contributed by atoms with Crippen molar-refractivity contribution in [2.75, 3.05) is 7.11 Å². The van der Waals surface area contributed by atoms with Gasteiger partial charge in [-0.2, -0.15) is 15.0 Å². The van der Waals surface area contributed by atoms with E-state index in [1.807, 2.05) is 84.9 Å². The lowest BCUT2D eigenvalue weighted by Crippen LogP contribution is -2.46. The summed E-state index contributed by atoms with van der Waals surface area (Å²) >= 11 is 6.25. The molecule has 0 bridgehead atoms. The number of methoxy groups -OCH3 is 1. The van der Waals surface area contributed by atoms with E-state index in [1.54, 1.807) is 10.9 Å². The summed E-state index contributed by atoms with van der Waals surface area (Å²) in [5, 5.41) is 31.5. The number of rotatable bonds is 5. The Morgan fingerprint density at radius 2 is 1.53 bits per heavy atom. The summed E-state index contributed by atoms with van der Waals surface area (Å²) in [6, 6.07) is 25.1. The fraction of sp³-hybridized carbons (Fsp3) is 0.115. The lowest BCUT2D eigenvalue weighted by atomic mass is 9.71. The van der Waals surface area contributed by atoms with Crippen molar-refractivity contribution >= 4 is 28.3 Å². The summed E-state index contributed by atoms with van der Waals surface area (Å²) in [6.45, 7) is 0. The molecule has 1 heterocycles. The number of aromatic nitrogens is 3. The Morgan fingerprint density at radius 3 is 2.12 bits per heavy atom. The summed E-state index contributed by atoms with van der Waals surface area (Å²) in [6.07, 6.45) is 4.91. The van der Waals surface area contributed by atoms with Crippen LogP contribution in [0.25, 0.3) is 11.0 Å². The Labute approximate surface area is 201 Å². The van der Waals surface area contributed by atoms with Gasteiger partial charge in [0.1, 0.15) is 22.3 Å². The first-order valence-corrected chi connectivity index (χ1v) is 11.0. The Bertz CT molecular complexity index is 1390. The quantitative estimate of drug-likeness (QED) is 0.253. The number of hydrogen-bond acceptors (Lipinski definition) is 5. The maximum atomic E-state index is 11.6. The van der Waals surface area contributed by atoms with Gasteiger partial charge in [-0.1, -0.05) is 72.3 Å². The van der Waals surface area contributed by atoms with Crippen LogP contribution in [-0.2, 0) is 10.3 Å².